The molecule has 0 spiro atoms. The van der Waals surface area contributed by atoms with Crippen molar-refractivity contribution in [3.05, 3.63) is 176 Å². The molecule has 50 heavy (non-hydrogen) atoms. The molecule has 0 unspecified atom stereocenters. The van der Waals surface area contributed by atoms with Gasteiger partial charge in [0.1, 0.15) is 0 Å². The molecule has 0 aliphatic heterocycles. The van der Waals surface area contributed by atoms with Gasteiger partial charge in [0.05, 0.1) is 27.9 Å². The zero-order chi connectivity index (χ0) is 33.0. The van der Waals surface area contributed by atoms with Crippen molar-refractivity contribution in [1.29, 1.82) is 0 Å². The molecule has 0 radical (unpaired) electrons. The molecule has 0 atom stereocenters. The molecule has 0 saturated heterocycles. The second-order valence-electron chi connectivity index (χ2n) is 12.8. The number of pyridine rings is 3. The lowest BCUT2D eigenvalue weighted by Gasteiger charge is -2.18. The predicted molar refractivity (Wildman–Crippen MR) is 209 cm³/mol. The van der Waals surface area contributed by atoms with Crippen molar-refractivity contribution in [3.63, 3.8) is 0 Å². The average Bonchev–Trinajstić information content (AvgIpc) is 3.20. The van der Waals surface area contributed by atoms with Crippen molar-refractivity contribution < 1.29 is 0 Å². The largest absolute Gasteiger partial charge is 0.254 e. The van der Waals surface area contributed by atoms with Crippen LogP contribution >= 0.6 is 0 Å². The minimum Gasteiger partial charge on any atom is -0.254 e. The molecule has 10 rings (SSSR count). The number of hydrogen-bond acceptors (Lipinski definition) is 3. The van der Waals surface area contributed by atoms with Crippen LogP contribution in [0.4, 0.5) is 0 Å². The monoisotopic (exact) mass is 635 g/mol. The first-order chi connectivity index (χ1) is 24.8. The molecule has 0 bridgehead atoms. The Morgan fingerprint density at radius 3 is 1.70 bits per heavy atom. The van der Waals surface area contributed by atoms with Crippen molar-refractivity contribution >= 4 is 54.3 Å². The molecule has 3 nitrogen and oxygen atoms in total. The van der Waals surface area contributed by atoms with Crippen LogP contribution in [0, 0.1) is 0 Å². The van der Waals surface area contributed by atoms with Crippen LogP contribution in [0.3, 0.4) is 0 Å². The Labute approximate surface area is 289 Å². The summed E-state index contributed by atoms with van der Waals surface area (Å²) in [4.78, 5) is 15.3. The molecule has 232 valence electrons. The molecular weight excluding hydrogens is 607 g/mol. The Balaban J connectivity index is 1.24. The van der Waals surface area contributed by atoms with Gasteiger partial charge in [0.2, 0.25) is 0 Å². The van der Waals surface area contributed by atoms with Crippen LogP contribution < -0.4 is 0 Å². The molecule has 7 aromatic carbocycles. The van der Waals surface area contributed by atoms with Gasteiger partial charge in [-0.15, -0.1) is 0 Å². The summed E-state index contributed by atoms with van der Waals surface area (Å²) in [6.45, 7) is 0. The van der Waals surface area contributed by atoms with Gasteiger partial charge in [0.25, 0.3) is 0 Å². The maximum Gasteiger partial charge on any atom is 0.0972 e. The summed E-state index contributed by atoms with van der Waals surface area (Å²) in [7, 11) is 0. The van der Waals surface area contributed by atoms with Gasteiger partial charge in [-0.1, -0.05) is 146 Å². The molecule has 3 heterocycles. The highest BCUT2D eigenvalue weighted by molar-refractivity contribution is 6.20. The fourth-order valence-electron chi connectivity index (χ4n) is 7.56. The number of aromatic nitrogens is 3. The van der Waals surface area contributed by atoms with Crippen molar-refractivity contribution in [2.45, 2.75) is 0 Å². The summed E-state index contributed by atoms with van der Waals surface area (Å²) in [6, 6.07) is 60.2. The molecule has 0 aliphatic rings. The molecule has 3 aromatic heterocycles. The van der Waals surface area contributed by atoms with E-state index in [2.05, 4.69) is 164 Å². The van der Waals surface area contributed by atoms with Gasteiger partial charge >= 0.3 is 0 Å². The first kappa shape index (κ1) is 28.3. The first-order valence-corrected chi connectivity index (χ1v) is 16.9. The Bertz CT molecular complexity index is 2910. The third kappa shape index (κ3) is 4.56. The van der Waals surface area contributed by atoms with E-state index in [1.165, 1.54) is 32.8 Å². The summed E-state index contributed by atoms with van der Waals surface area (Å²) in [5, 5.41) is 8.06. The average molecular weight is 636 g/mol. The highest BCUT2D eigenvalue weighted by Crippen LogP contribution is 2.43. The number of benzene rings is 7. The minimum absolute atomic E-state index is 0.920. The summed E-state index contributed by atoms with van der Waals surface area (Å²) in [6.07, 6.45) is 1.84. The normalized spacial score (nSPS) is 11.6. The highest BCUT2D eigenvalue weighted by atomic mass is 14.8. The molecular formula is C47H29N3. The van der Waals surface area contributed by atoms with Crippen molar-refractivity contribution in [2.75, 3.05) is 0 Å². The van der Waals surface area contributed by atoms with Crippen LogP contribution in [-0.2, 0) is 0 Å². The Hall–Kier alpha value is -6.71. The predicted octanol–water partition coefficient (Wildman–Crippen LogP) is 12.3. The SMILES string of the molecule is c1ccc(-c2cc(-c3ccccc3)c3c(cc(-c4ccc(-c5ccc6ccc7cccnc7c6n5)c5ccccc45)c4ccccc43)n2)cc1. The highest BCUT2D eigenvalue weighted by Gasteiger charge is 2.18. The van der Waals surface area contributed by atoms with Crippen molar-refractivity contribution in [2.24, 2.45) is 0 Å². The van der Waals surface area contributed by atoms with E-state index in [0.29, 0.717) is 0 Å². The van der Waals surface area contributed by atoms with Crippen LogP contribution in [-0.4, -0.2) is 15.0 Å². The van der Waals surface area contributed by atoms with Crippen LogP contribution in [0.2, 0.25) is 0 Å². The summed E-state index contributed by atoms with van der Waals surface area (Å²) in [5.41, 5.74) is 11.6. The van der Waals surface area contributed by atoms with Crippen LogP contribution in [0.1, 0.15) is 0 Å². The van der Waals surface area contributed by atoms with E-state index in [9.17, 15) is 0 Å². The second kappa shape index (κ2) is 11.5. The summed E-state index contributed by atoms with van der Waals surface area (Å²) >= 11 is 0. The molecule has 10 aromatic rings. The molecule has 0 amide bonds. The van der Waals surface area contributed by atoms with Crippen LogP contribution in [0.15, 0.2) is 176 Å². The Kier molecular flexibility index (Phi) is 6.49. The third-order valence-electron chi connectivity index (χ3n) is 9.89. The quantitative estimate of drug-likeness (QED) is 0.181. The Morgan fingerprint density at radius 2 is 0.940 bits per heavy atom. The van der Waals surface area contributed by atoms with E-state index in [4.69, 9.17) is 15.0 Å². The molecule has 0 saturated carbocycles. The third-order valence-corrected chi connectivity index (χ3v) is 9.89. The summed E-state index contributed by atoms with van der Waals surface area (Å²) in [5.74, 6) is 0. The van der Waals surface area contributed by atoms with Gasteiger partial charge in [0.15, 0.2) is 0 Å². The van der Waals surface area contributed by atoms with E-state index in [1.807, 2.05) is 12.3 Å². The van der Waals surface area contributed by atoms with Crippen molar-refractivity contribution in [3.8, 4) is 44.8 Å². The Morgan fingerprint density at radius 1 is 0.340 bits per heavy atom. The minimum atomic E-state index is 0.920. The number of rotatable bonds is 4. The lowest BCUT2D eigenvalue weighted by Crippen LogP contribution is -1.94. The van der Waals surface area contributed by atoms with Gasteiger partial charge in [-0.05, 0) is 68.1 Å². The molecule has 0 N–H and O–H groups in total. The second-order valence-corrected chi connectivity index (χ2v) is 12.8. The van der Waals surface area contributed by atoms with Crippen LogP contribution in [0.5, 0.6) is 0 Å². The molecule has 3 heteroatoms. The van der Waals surface area contributed by atoms with Gasteiger partial charge in [-0.2, -0.15) is 0 Å². The molecule has 0 aliphatic carbocycles. The fraction of sp³-hybridized carbons (Fsp3) is 0. The topological polar surface area (TPSA) is 38.7 Å². The van der Waals surface area contributed by atoms with E-state index >= 15 is 0 Å². The van der Waals surface area contributed by atoms with Crippen molar-refractivity contribution in [1.82, 2.24) is 15.0 Å². The molecule has 0 fully saturated rings. The van der Waals surface area contributed by atoms with Gasteiger partial charge < -0.3 is 0 Å². The smallest absolute Gasteiger partial charge is 0.0972 e. The van der Waals surface area contributed by atoms with Crippen LogP contribution in [0.25, 0.3) is 99.0 Å². The lowest BCUT2D eigenvalue weighted by molar-refractivity contribution is 1.37. The van der Waals surface area contributed by atoms with Gasteiger partial charge in [0, 0.05) is 33.5 Å². The maximum absolute atomic E-state index is 5.35. The summed E-state index contributed by atoms with van der Waals surface area (Å²) < 4.78 is 0. The van der Waals surface area contributed by atoms with E-state index in [1.54, 1.807) is 0 Å². The lowest BCUT2D eigenvalue weighted by atomic mass is 9.88. The van der Waals surface area contributed by atoms with E-state index < -0.39 is 0 Å². The van der Waals surface area contributed by atoms with E-state index in [-0.39, 0.29) is 0 Å². The van der Waals surface area contributed by atoms with E-state index in [0.717, 1.165) is 66.2 Å². The fourth-order valence-corrected chi connectivity index (χ4v) is 7.56. The zero-order valence-corrected chi connectivity index (χ0v) is 27.1. The van der Waals surface area contributed by atoms with Gasteiger partial charge in [-0.3, -0.25) is 4.98 Å². The number of fused-ring (bicyclic) bond motifs is 7. The zero-order valence-electron chi connectivity index (χ0n) is 27.1. The first-order valence-electron chi connectivity index (χ1n) is 16.9. The standard InChI is InChI=1S/C47H29N3/c1-3-12-30(13-4-1)40-28-43(31-14-5-2-6-15-31)49-44-29-41(36-19-9-10-20-39(36)45(40)44)37-24-25-38(35-18-8-7-17-34(35)37)42-26-23-33-22-21-32-16-11-27-48-46(32)47(33)50-42/h1-29H. The number of nitrogens with zero attached hydrogens (tertiary/aromatic N) is 3. The number of hydrogen-bond donors (Lipinski definition) is 0. The van der Waals surface area contributed by atoms with Gasteiger partial charge in [-0.25, -0.2) is 9.97 Å². The maximum atomic E-state index is 5.35.